The number of nitrogens with zero attached hydrogens (tertiary/aromatic N) is 1. The Hall–Kier alpha value is -2.21. The maximum atomic E-state index is 13.0. The molecular formula is C16H15NO4S. The van der Waals surface area contributed by atoms with Crippen molar-refractivity contribution in [2.75, 3.05) is 6.26 Å². The van der Waals surface area contributed by atoms with Crippen LogP contribution in [-0.2, 0) is 27.6 Å². The van der Waals surface area contributed by atoms with Gasteiger partial charge < -0.3 is 9.67 Å². The normalized spacial score (nSPS) is 21.3. The molecule has 1 aromatic heterocycles. The van der Waals surface area contributed by atoms with Crippen molar-refractivity contribution in [3.05, 3.63) is 53.9 Å². The number of Topliss-reactive ketones (excluding diaryl/α,β-unsaturated/α-hetero) is 1. The Morgan fingerprint density at radius 2 is 2.05 bits per heavy atom. The standard InChI is InChI=1S/C16H15NO4S/c1-22(21)12-5-2-4-11(10-12)14(18)16(15(19)20)7-9-17-8-3-6-13(16)17/h2-6,8,10H,7,9H2,1H3,(H,19,20). The summed E-state index contributed by atoms with van der Waals surface area (Å²) in [6, 6.07) is 9.83. The van der Waals surface area contributed by atoms with Gasteiger partial charge in [-0.2, -0.15) is 0 Å². The Labute approximate surface area is 130 Å². The second-order valence-corrected chi connectivity index (χ2v) is 6.74. The van der Waals surface area contributed by atoms with Crippen molar-refractivity contribution in [2.45, 2.75) is 23.3 Å². The zero-order valence-electron chi connectivity index (χ0n) is 12.0. The first-order chi connectivity index (χ1) is 10.5. The highest BCUT2D eigenvalue weighted by molar-refractivity contribution is 7.84. The topological polar surface area (TPSA) is 76.4 Å². The van der Waals surface area contributed by atoms with Crippen molar-refractivity contribution in [1.29, 1.82) is 0 Å². The zero-order chi connectivity index (χ0) is 15.9. The van der Waals surface area contributed by atoms with Crippen LogP contribution in [0.25, 0.3) is 0 Å². The maximum Gasteiger partial charge on any atom is 0.323 e. The molecule has 0 aliphatic carbocycles. The molecule has 3 rings (SSSR count). The van der Waals surface area contributed by atoms with Crippen LogP contribution in [0.2, 0.25) is 0 Å². The number of hydrogen-bond donors (Lipinski definition) is 1. The van der Waals surface area contributed by atoms with E-state index in [1.807, 2.05) is 0 Å². The first kappa shape index (κ1) is 14.7. The molecule has 1 aliphatic rings. The van der Waals surface area contributed by atoms with Crippen LogP contribution in [0.15, 0.2) is 47.5 Å². The molecule has 1 aromatic carbocycles. The fourth-order valence-electron chi connectivity index (χ4n) is 3.02. The molecule has 0 saturated heterocycles. The molecule has 0 bridgehead atoms. The van der Waals surface area contributed by atoms with Crippen molar-refractivity contribution in [3.8, 4) is 0 Å². The van der Waals surface area contributed by atoms with E-state index < -0.39 is 28.0 Å². The molecule has 0 spiro atoms. The molecule has 22 heavy (non-hydrogen) atoms. The van der Waals surface area contributed by atoms with E-state index in [4.69, 9.17) is 0 Å². The summed E-state index contributed by atoms with van der Waals surface area (Å²) in [5, 5.41) is 9.74. The Balaban J connectivity index is 2.12. The lowest BCUT2D eigenvalue weighted by atomic mass is 9.76. The van der Waals surface area contributed by atoms with Gasteiger partial charge in [0.05, 0.1) is 0 Å². The van der Waals surface area contributed by atoms with Crippen LogP contribution in [0, 0.1) is 0 Å². The Kier molecular flexibility index (Phi) is 3.48. The van der Waals surface area contributed by atoms with Crippen molar-refractivity contribution >= 4 is 22.6 Å². The molecule has 2 aromatic rings. The predicted molar refractivity (Wildman–Crippen MR) is 81.5 cm³/mol. The first-order valence-corrected chi connectivity index (χ1v) is 8.40. The van der Waals surface area contributed by atoms with E-state index in [1.165, 1.54) is 12.3 Å². The molecular weight excluding hydrogens is 302 g/mol. The van der Waals surface area contributed by atoms with Crippen molar-refractivity contribution < 1.29 is 18.9 Å². The highest BCUT2D eigenvalue weighted by Gasteiger charge is 2.52. The van der Waals surface area contributed by atoms with E-state index in [0.29, 0.717) is 17.1 Å². The quantitative estimate of drug-likeness (QED) is 0.689. The van der Waals surface area contributed by atoms with E-state index in [2.05, 4.69) is 0 Å². The number of carbonyl (C=O) groups excluding carboxylic acids is 1. The number of ketones is 1. The summed E-state index contributed by atoms with van der Waals surface area (Å²) in [5.74, 6) is -1.59. The smallest absolute Gasteiger partial charge is 0.323 e. The fraction of sp³-hybridized carbons (Fsp3) is 0.250. The number of aryl methyl sites for hydroxylation is 1. The summed E-state index contributed by atoms with van der Waals surface area (Å²) in [4.78, 5) is 25.4. The fourth-order valence-corrected chi connectivity index (χ4v) is 3.58. The second-order valence-electron chi connectivity index (χ2n) is 5.36. The summed E-state index contributed by atoms with van der Waals surface area (Å²) in [6.45, 7) is 0.500. The average molecular weight is 317 g/mol. The van der Waals surface area contributed by atoms with Crippen LogP contribution in [0.1, 0.15) is 22.5 Å². The minimum Gasteiger partial charge on any atom is -0.480 e. The number of carboxylic acid groups (broad SMARTS) is 1. The monoisotopic (exact) mass is 317 g/mol. The Bertz CT molecular complexity index is 795. The van der Waals surface area contributed by atoms with E-state index in [1.54, 1.807) is 41.1 Å². The summed E-state index contributed by atoms with van der Waals surface area (Å²) in [7, 11) is -1.22. The molecule has 2 unspecified atom stereocenters. The first-order valence-electron chi connectivity index (χ1n) is 6.84. The second kappa shape index (κ2) is 5.21. The summed E-state index contributed by atoms with van der Waals surface area (Å²) in [6.07, 6.45) is 3.54. The van der Waals surface area contributed by atoms with Crippen LogP contribution >= 0.6 is 0 Å². The van der Waals surface area contributed by atoms with Crippen LogP contribution < -0.4 is 0 Å². The SMILES string of the molecule is CS(=O)c1cccc(C(=O)C2(C(=O)O)CCn3cccc32)c1. The number of carbonyl (C=O) groups is 2. The average Bonchev–Trinajstić information content (AvgIpc) is 3.08. The molecule has 2 heterocycles. The minimum absolute atomic E-state index is 0.233. The van der Waals surface area contributed by atoms with Gasteiger partial charge in [0.2, 0.25) is 0 Å². The van der Waals surface area contributed by atoms with Crippen LogP contribution in [0.4, 0.5) is 0 Å². The molecule has 2 atom stereocenters. The predicted octanol–water partition coefficient (Wildman–Crippen LogP) is 1.83. The molecule has 1 aliphatic heterocycles. The van der Waals surface area contributed by atoms with E-state index in [-0.39, 0.29) is 12.0 Å². The summed E-state index contributed by atoms with van der Waals surface area (Å²) >= 11 is 0. The van der Waals surface area contributed by atoms with E-state index in [9.17, 15) is 18.9 Å². The largest absolute Gasteiger partial charge is 0.480 e. The van der Waals surface area contributed by atoms with Crippen molar-refractivity contribution in [2.24, 2.45) is 0 Å². The molecule has 0 saturated carbocycles. The van der Waals surface area contributed by atoms with Gasteiger partial charge >= 0.3 is 5.97 Å². The van der Waals surface area contributed by atoms with Gasteiger partial charge in [0, 0.05) is 45.9 Å². The molecule has 0 fully saturated rings. The lowest BCUT2D eigenvalue weighted by Crippen LogP contribution is -2.42. The zero-order valence-corrected chi connectivity index (χ0v) is 12.8. The summed E-state index contributed by atoms with van der Waals surface area (Å²) in [5.41, 5.74) is -0.769. The molecule has 0 radical (unpaired) electrons. The van der Waals surface area contributed by atoms with Gasteiger partial charge in [-0.1, -0.05) is 12.1 Å². The van der Waals surface area contributed by atoms with E-state index in [0.717, 1.165) is 0 Å². The number of carboxylic acids is 1. The number of benzene rings is 1. The van der Waals surface area contributed by atoms with E-state index >= 15 is 0 Å². The van der Waals surface area contributed by atoms with Gasteiger partial charge in [-0.3, -0.25) is 13.8 Å². The lowest BCUT2D eigenvalue weighted by Gasteiger charge is -2.22. The van der Waals surface area contributed by atoms with Crippen LogP contribution in [-0.4, -0.2) is 31.9 Å². The third kappa shape index (κ3) is 2.02. The van der Waals surface area contributed by atoms with Gasteiger partial charge in [-0.05, 0) is 30.7 Å². The van der Waals surface area contributed by atoms with Gasteiger partial charge in [-0.25, -0.2) is 0 Å². The molecule has 114 valence electrons. The molecule has 1 N–H and O–H groups in total. The highest BCUT2D eigenvalue weighted by Crippen LogP contribution is 2.38. The van der Waals surface area contributed by atoms with Crippen LogP contribution in [0.5, 0.6) is 0 Å². The summed E-state index contributed by atoms with van der Waals surface area (Å²) < 4.78 is 13.4. The molecule has 5 nitrogen and oxygen atoms in total. The number of aliphatic carboxylic acids is 1. The minimum atomic E-state index is -1.56. The number of fused-ring (bicyclic) bond motifs is 1. The van der Waals surface area contributed by atoms with Crippen molar-refractivity contribution in [1.82, 2.24) is 4.57 Å². The van der Waals surface area contributed by atoms with Gasteiger partial charge in [-0.15, -0.1) is 0 Å². The third-order valence-corrected chi connectivity index (χ3v) is 5.09. The highest BCUT2D eigenvalue weighted by atomic mass is 32.2. The maximum absolute atomic E-state index is 13.0. The van der Waals surface area contributed by atoms with Gasteiger partial charge in [0.15, 0.2) is 11.2 Å². The molecule has 6 heteroatoms. The molecule has 0 amide bonds. The van der Waals surface area contributed by atoms with Gasteiger partial charge in [0.25, 0.3) is 0 Å². The Morgan fingerprint density at radius 1 is 1.27 bits per heavy atom. The number of aromatic nitrogens is 1. The van der Waals surface area contributed by atoms with Gasteiger partial charge in [0.1, 0.15) is 0 Å². The number of rotatable bonds is 4. The third-order valence-electron chi connectivity index (χ3n) is 4.18. The van der Waals surface area contributed by atoms with Crippen molar-refractivity contribution in [3.63, 3.8) is 0 Å². The number of hydrogen-bond acceptors (Lipinski definition) is 3. The van der Waals surface area contributed by atoms with Crippen LogP contribution in [0.3, 0.4) is 0 Å². The lowest BCUT2D eigenvalue weighted by molar-refractivity contribution is -0.141. The Morgan fingerprint density at radius 3 is 2.73 bits per heavy atom.